The molecule has 0 bridgehead atoms. The van der Waals surface area contributed by atoms with Crippen molar-refractivity contribution in [3.63, 3.8) is 0 Å². The Hall–Kier alpha value is -0.870. The average Bonchev–Trinajstić information content (AvgIpc) is 2.42. The minimum Gasteiger partial charge on any atom is -0.385 e. The highest BCUT2D eigenvalue weighted by atomic mass is 16.3. The molecule has 0 aliphatic carbocycles. The molecule has 1 aromatic rings. The van der Waals surface area contributed by atoms with Crippen molar-refractivity contribution in [2.24, 2.45) is 7.05 Å². The molecule has 0 aliphatic rings. The van der Waals surface area contributed by atoms with Gasteiger partial charge in [0.05, 0.1) is 11.9 Å². The molecule has 0 spiro atoms. The monoisotopic (exact) mass is 197 g/mol. The number of aryl methyl sites for hydroxylation is 2. The van der Waals surface area contributed by atoms with Crippen LogP contribution in [-0.4, -0.2) is 27.5 Å². The zero-order chi connectivity index (χ0) is 10.7. The van der Waals surface area contributed by atoms with Crippen molar-refractivity contribution >= 4 is 0 Å². The van der Waals surface area contributed by atoms with Crippen molar-refractivity contribution in [3.05, 3.63) is 17.5 Å². The predicted molar refractivity (Wildman–Crippen MR) is 56.0 cm³/mol. The maximum Gasteiger partial charge on any atom is 0.108 e. The van der Waals surface area contributed by atoms with Crippen molar-refractivity contribution in [3.8, 4) is 0 Å². The van der Waals surface area contributed by atoms with Gasteiger partial charge in [0.2, 0.25) is 0 Å². The van der Waals surface area contributed by atoms with Crippen LogP contribution in [0.25, 0.3) is 0 Å². The van der Waals surface area contributed by atoms with Crippen LogP contribution in [0.2, 0.25) is 0 Å². The molecule has 0 aliphatic heterocycles. The van der Waals surface area contributed by atoms with Gasteiger partial charge in [-0.05, 0) is 12.5 Å². The summed E-state index contributed by atoms with van der Waals surface area (Å²) in [6.07, 6.45) is 1.29. The van der Waals surface area contributed by atoms with Crippen LogP contribution in [0.15, 0.2) is 6.20 Å². The molecule has 0 fully saturated rings. The minimum absolute atomic E-state index is 0.387. The predicted octanol–water partition coefficient (Wildman–Crippen LogP) is 0.760. The first-order valence-electron chi connectivity index (χ1n) is 4.92. The van der Waals surface area contributed by atoms with Crippen molar-refractivity contribution in [2.75, 3.05) is 6.54 Å². The number of aliphatic hydroxyl groups excluding tert-OH is 1. The summed E-state index contributed by atoms with van der Waals surface area (Å²) in [6, 6.07) is 0.387. The number of hydrogen-bond acceptors (Lipinski definition) is 3. The molecule has 0 saturated carbocycles. The zero-order valence-electron chi connectivity index (χ0n) is 9.28. The largest absolute Gasteiger partial charge is 0.385 e. The highest BCUT2D eigenvalue weighted by Crippen LogP contribution is 2.15. The fourth-order valence-corrected chi connectivity index (χ4v) is 1.48. The lowest BCUT2D eigenvalue weighted by Gasteiger charge is -2.15. The Morgan fingerprint density at radius 2 is 2.21 bits per heavy atom. The first kappa shape index (κ1) is 11.2. The summed E-state index contributed by atoms with van der Waals surface area (Å²) in [4.78, 5) is 0. The van der Waals surface area contributed by atoms with Crippen LogP contribution in [0.4, 0.5) is 0 Å². The maximum absolute atomic E-state index is 9.90. The van der Waals surface area contributed by atoms with E-state index in [0.29, 0.717) is 12.6 Å². The minimum atomic E-state index is -0.482. The van der Waals surface area contributed by atoms with Gasteiger partial charge in [-0.25, -0.2) is 0 Å². The second kappa shape index (κ2) is 4.57. The fourth-order valence-electron chi connectivity index (χ4n) is 1.48. The summed E-state index contributed by atoms with van der Waals surface area (Å²) in [5, 5.41) is 17.2. The van der Waals surface area contributed by atoms with E-state index in [-0.39, 0.29) is 0 Å². The molecule has 0 aromatic carbocycles. The molecule has 4 nitrogen and oxygen atoms in total. The summed E-state index contributed by atoms with van der Waals surface area (Å²) in [6.45, 7) is 6.64. The summed E-state index contributed by atoms with van der Waals surface area (Å²) >= 11 is 0. The lowest BCUT2D eigenvalue weighted by Crippen LogP contribution is -2.29. The van der Waals surface area contributed by atoms with Gasteiger partial charge < -0.3 is 10.4 Å². The Kier molecular flexibility index (Phi) is 3.66. The molecule has 0 radical (unpaired) electrons. The van der Waals surface area contributed by atoms with Gasteiger partial charge in [-0.2, -0.15) is 5.10 Å². The van der Waals surface area contributed by atoms with E-state index >= 15 is 0 Å². The van der Waals surface area contributed by atoms with Crippen molar-refractivity contribution in [1.29, 1.82) is 0 Å². The highest BCUT2D eigenvalue weighted by molar-refractivity contribution is 5.18. The molecule has 0 amide bonds. The Morgan fingerprint density at radius 3 is 2.64 bits per heavy atom. The molecule has 1 rings (SSSR count). The summed E-state index contributed by atoms with van der Waals surface area (Å²) in [5.41, 5.74) is 1.92. The lowest BCUT2D eigenvalue weighted by atomic mass is 10.1. The van der Waals surface area contributed by atoms with E-state index in [0.717, 1.165) is 11.3 Å². The molecule has 4 heteroatoms. The molecule has 1 atom stereocenters. The Balaban J connectivity index is 2.64. The molecular formula is C10H19N3O. The van der Waals surface area contributed by atoms with Gasteiger partial charge in [0.1, 0.15) is 6.10 Å². The number of hydrogen-bond donors (Lipinski definition) is 2. The first-order chi connectivity index (χ1) is 6.52. The number of nitrogens with one attached hydrogen (secondary N) is 1. The first-order valence-corrected chi connectivity index (χ1v) is 4.92. The van der Waals surface area contributed by atoms with E-state index < -0.39 is 6.10 Å². The van der Waals surface area contributed by atoms with E-state index in [1.54, 1.807) is 10.9 Å². The van der Waals surface area contributed by atoms with Crippen molar-refractivity contribution in [2.45, 2.75) is 32.9 Å². The van der Waals surface area contributed by atoms with Gasteiger partial charge in [-0.1, -0.05) is 13.8 Å². The molecule has 2 N–H and O–H groups in total. The van der Waals surface area contributed by atoms with Crippen LogP contribution in [0.5, 0.6) is 0 Å². The second-order valence-electron chi connectivity index (χ2n) is 3.92. The normalized spacial score (nSPS) is 13.6. The molecule has 14 heavy (non-hydrogen) atoms. The molecule has 0 saturated heterocycles. The summed E-state index contributed by atoms with van der Waals surface area (Å²) < 4.78 is 1.72. The Bertz CT molecular complexity index is 274. The SMILES string of the molecule is Cc1cnn(C)c1C(O)CNC(C)C. The quantitative estimate of drug-likeness (QED) is 0.749. The van der Waals surface area contributed by atoms with E-state index in [9.17, 15) is 5.11 Å². The third kappa shape index (κ3) is 2.56. The summed E-state index contributed by atoms with van der Waals surface area (Å²) in [5.74, 6) is 0. The highest BCUT2D eigenvalue weighted by Gasteiger charge is 2.14. The molecule has 1 heterocycles. The van der Waals surface area contributed by atoms with Crippen LogP contribution in [-0.2, 0) is 7.05 Å². The van der Waals surface area contributed by atoms with E-state index in [1.807, 2.05) is 14.0 Å². The Labute approximate surface area is 84.9 Å². The van der Waals surface area contributed by atoms with Gasteiger partial charge in [0.15, 0.2) is 0 Å². The topological polar surface area (TPSA) is 50.1 Å². The van der Waals surface area contributed by atoms with Crippen LogP contribution in [0.3, 0.4) is 0 Å². The van der Waals surface area contributed by atoms with Gasteiger partial charge >= 0.3 is 0 Å². The summed E-state index contributed by atoms with van der Waals surface area (Å²) in [7, 11) is 1.85. The third-order valence-electron chi connectivity index (χ3n) is 2.21. The molecule has 1 unspecified atom stereocenters. The standard InChI is InChI=1S/C10H19N3O/c1-7(2)11-6-9(14)10-8(3)5-12-13(10)4/h5,7,9,11,14H,6H2,1-4H3. The van der Waals surface area contributed by atoms with Gasteiger partial charge in [0, 0.05) is 19.6 Å². The smallest absolute Gasteiger partial charge is 0.108 e. The van der Waals surface area contributed by atoms with Crippen molar-refractivity contribution < 1.29 is 5.11 Å². The van der Waals surface area contributed by atoms with Gasteiger partial charge in [0.25, 0.3) is 0 Å². The zero-order valence-corrected chi connectivity index (χ0v) is 9.28. The van der Waals surface area contributed by atoms with Gasteiger partial charge in [-0.15, -0.1) is 0 Å². The van der Waals surface area contributed by atoms with Crippen LogP contribution < -0.4 is 5.32 Å². The number of aromatic nitrogens is 2. The lowest BCUT2D eigenvalue weighted by molar-refractivity contribution is 0.161. The molecular weight excluding hydrogens is 178 g/mol. The second-order valence-corrected chi connectivity index (χ2v) is 3.92. The maximum atomic E-state index is 9.90. The van der Waals surface area contributed by atoms with Crippen LogP contribution in [0.1, 0.15) is 31.2 Å². The average molecular weight is 197 g/mol. The van der Waals surface area contributed by atoms with Crippen LogP contribution >= 0.6 is 0 Å². The fraction of sp³-hybridized carbons (Fsp3) is 0.700. The number of nitrogens with zero attached hydrogens (tertiary/aromatic N) is 2. The number of aliphatic hydroxyl groups is 1. The molecule has 1 aromatic heterocycles. The van der Waals surface area contributed by atoms with Crippen LogP contribution in [0, 0.1) is 6.92 Å². The van der Waals surface area contributed by atoms with E-state index in [4.69, 9.17) is 0 Å². The van der Waals surface area contributed by atoms with E-state index in [1.165, 1.54) is 0 Å². The van der Waals surface area contributed by atoms with E-state index in [2.05, 4.69) is 24.3 Å². The molecule has 80 valence electrons. The van der Waals surface area contributed by atoms with Crippen molar-refractivity contribution in [1.82, 2.24) is 15.1 Å². The van der Waals surface area contributed by atoms with Gasteiger partial charge in [-0.3, -0.25) is 4.68 Å². The third-order valence-corrected chi connectivity index (χ3v) is 2.21. The Morgan fingerprint density at radius 1 is 1.57 bits per heavy atom. The number of rotatable bonds is 4.